The highest BCUT2D eigenvalue weighted by molar-refractivity contribution is 5.77. The molecule has 1 aliphatic rings. The van der Waals surface area contributed by atoms with Gasteiger partial charge in [0, 0.05) is 25.4 Å². The Bertz CT molecular complexity index is 521. The second-order valence-corrected chi connectivity index (χ2v) is 5.05. The van der Waals surface area contributed by atoms with Gasteiger partial charge in [0.25, 0.3) is 0 Å². The van der Waals surface area contributed by atoms with Gasteiger partial charge in [-0.25, -0.2) is 0 Å². The molecule has 0 unspecified atom stereocenters. The maximum atomic E-state index is 12.3. The van der Waals surface area contributed by atoms with Crippen LogP contribution >= 0.6 is 0 Å². The normalized spacial score (nSPS) is 15.7. The molecule has 0 radical (unpaired) electrons. The standard InChI is InChI=1S/C16H17N3O/c17-11-14(12-18)15(13-6-2-1-3-7-13)10-16(20)19-8-4-5-9-19/h1-3,6-7,14-15H,4-5,8-10H2/t15-/m1/s1. The van der Waals surface area contributed by atoms with Gasteiger partial charge in [-0.2, -0.15) is 10.5 Å². The van der Waals surface area contributed by atoms with Crippen LogP contribution in [0.15, 0.2) is 30.3 Å². The lowest BCUT2D eigenvalue weighted by molar-refractivity contribution is -0.130. The average Bonchev–Trinajstić information content (AvgIpc) is 3.02. The summed E-state index contributed by atoms with van der Waals surface area (Å²) in [7, 11) is 0. The van der Waals surface area contributed by atoms with Gasteiger partial charge in [-0.05, 0) is 18.4 Å². The lowest BCUT2D eigenvalue weighted by Crippen LogP contribution is -2.30. The topological polar surface area (TPSA) is 67.9 Å². The van der Waals surface area contributed by atoms with Crippen molar-refractivity contribution in [2.45, 2.75) is 25.2 Å². The van der Waals surface area contributed by atoms with Gasteiger partial charge >= 0.3 is 0 Å². The van der Waals surface area contributed by atoms with Crippen LogP contribution in [0.1, 0.15) is 30.7 Å². The SMILES string of the molecule is N#CC(C#N)[C@H](CC(=O)N1CCCC1)c1ccccc1. The number of carbonyl (C=O) groups excluding carboxylic acids is 1. The molecule has 0 saturated carbocycles. The summed E-state index contributed by atoms with van der Waals surface area (Å²) in [6.07, 6.45) is 2.32. The first-order chi connectivity index (χ1) is 9.76. The van der Waals surface area contributed by atoms with E-state index in [2.05, 4.69) is 0 Å². The third kappa shape index (κ3) is 3.16. The number of carbonyl (C=O) groups is 1. The van der Waals surface area contributed by atoms with Crippen molar-refractivity contribution in [2.24, 2.45) is 5.92 Å². The Balaban J connectivity index is 2.17. The summed E-state index contributed by atoms with van der Waals surface area (Å²) in [5, 5.41) is 18.3. The molecule has 1 atom stereocenters. The van der Waals surface area contributed by atoms with Crippen molar-refractivity contribution in [3.8, 4) is 12.1 Å². The number of rotatable bonds is 4. The summed E-state index contributed by atoms with van der Waals surface area (Å²) in [5.41, 5.74) is 0.883. The smallest absolute Gasteiger partial charge is 0.223 e. The summed E-state index contributed by atoms with van der Waals surface area (Å²) in [4.78, 5) is 14.1. The first-order valence-electron chi connectivity index (χ1n) is 6.88. The monoisotopic (exact) mass is 267 g/mol. The number of nitriles is 2. The van der Waals surface area contributed by atoms with Crippen LogP contribution in [0.5, 0.6) is 0 Å². The van der Waals surface area contributed by atoms with E-state index in [0.29, 0.717) is 0 Å². The second-order valence-electron chi connectivity index (χ2n) is 5.05. The van der Waals surface area contributed by atoms with Gasteiger partial charge in [-0.15, -0.1) is 0 Å². The van der Waals surface area contributed by atoms with E-state index < -0.39 is 5.92 Å². The summed E-state index contributed by atoms with van der Waals surface area (Å²) >= 11 is 0. The summed E-state index contributed by atoms with van der Waals surface area (Å²) in [6, 6.07) is 13.4. The van der Waals surface area contributed by atoms with Crippen LogP contribution in [-0.4, -0.2) is 23.9 Å². The van der Waals surface area contributed by atoms with Crippen LogP contribution < -0.4 is 0 Å². The minimum Gasteiger partial charge on any atom is -0.343 e. The minimum absolute atomic E-state index is 0.0480. The van der Waals surface area contributed by atoms with Crippen LogP contribution in [0, 0.1) is 28.6 Å². The third-order valence-corrected chi connectivity index (χ3v) is 3.76. The molecule has 1 aromatic rings. The second kappa shape index (κ2) is 6.73. The van der Waals surface area contributed by atoms with Crippen molar-refractivity contribution in [1.82, 2.24) is 4.90 Å². The van der Waals surface area contributed by atoms with E-state index in [1.54, 1.807) is 0 Å². The van der Waals surface area contributed by atoms with Crippen molar-refractivity contribution in [1.29, 1.82) is 10.5 Å². The molecule has 0 bridgehead atoms. The van der Waals surface area contributed by atoms with Gasteiger partial charge in [0.1, 0.15) is 5.92 Å². The van der Waals surface area contributed by atoms with Crippen LogP contribution in [0.2, 0.25) is 0 Å². The predicted octanol–water partition coefficient (Wildman–Crippen LogP) is 2.45. The molecule has 1 heterocycles. The molecular weight excluding hydrogens is 250 g/mol. The molecule has 1 amide bonds. The van der Waals surface area contributed by atoms with Crippen molar-refractivity contribution < 1.29 is 4.79 Å². The fourth-order valence-corrected chi connectivity index (χ4v) is 2.62. The van der Waals surface area contributed by atoms with Gasteiger partial charge in [0.2, 0.25) is 5.91 Å². The van der Waals surface area contributed by atoms with E-state index in [9.17, 15) is 4.79 Å². The van der Waals surface area contributed by atoms with Gasteiger partial charge in [-0.3, -0.25) is 4.79 Å². The fourth-order valence-electron chi connectivity index (χ4n) is 2.62. The van der Waals surface area contributed by atoms with Gasteiger partial charge < -0.3 is 4.90 Å². The summed E-state index contributed by atoms with van der Waals surface area (Å²) in [5.74, 6) is -1.09. The predicted molar refractivity (Wildman–Crippen MR) is 74.3 cm³/mol. The lowest BCUT2D eigenvalue weighted by atomic mass is 9.85. The van der Waals surface area contributed by atoms with Gasteiger partial charge in [-0.1, -0.05) is 30.3 Å². The molecule has 1 fully saturated rings. The lowest BCUT2D eigenvalue weighted by Gasteiger charge is -2.21. The van der Waals surface area contributed by atoms with Crippen molar-refractivity contribution >= 4 is 5.91 Å². The van der Waals surface area contributed by atoms with E-state index in [4.69, 9.17) is 10.5 Å². The van der Waals surface area contributed by atoms with Crippen molar-refractivity contribution in [3.05, 3.63) is 35.9 Å². The zero-order valence-electron chi connectivity index (χ0n) is 11.3. The highest BCUT2D eigenvalue weighted by Crippen LogP contribution is 2.29. The Morgan fingerprint density at radius 3 is 2.30 bits per heavy atom. The van der Waals surface area contributed by atoms with Crippen LogP contribution in [0.3, 0.4) is 0 Å². The molecule has 0 spiro atoms. The zero-order valence-corrected chi connectivity index (χ0v) is 11.3. The average molecular weight is 267 g/mol. The molecule has 102 valence electrons. The Labute approximate surface area is 119 Å². The first kappa shape index (κ1) is 14.1. The highest BCUT2D eigenvalue weighted by atomic mass is 16.2. The molecule has 0 aromatic heterocycles. The number of nitrogens with zero attached hydrogens (tertiary/aromatic N) is 3. The van der Waals surface area contributed by atoms with Crippen LogP contribution in [0.4, 0.5) is 0 Å². The van der Waals surface area contributed by atoms with E-state index in [1.165, 1.54) is 0 Å². The molecular formula is C16H17N3O. The highest BCUT2D eigenvalue weighted by Gasteiger charge is 2.28. The van der Waals surface area contributed by atoms with Crippen LogP contribution in [0.25, 0.3) is 0 Å². The Morgan fingerprint density at radius 2 is 1.75 bits per heavy atom. The van der Waals surface area contributed by atoms with Gasteiger partial charge in [0.05, 0.1) is 12.1 Å². The molecule has 4 heteroatoms. The van der Waals surface area contributed by atoms with Crippen LogP contribution in [-0.2, 0) is 4.79 Å². The summed E-state index contributed by atoms with van der Waals surface area (Å²) in [6.45, 7) is 1.59. The molecule has 1 saturated heterocycles. The van der Waals surface area contributed by atoms with Gasteiger partial charge in [0.15, 0.2) is 0 Å². The molecule has 0 N–H and O–H groups in total. The Morgan fingerprint density at radius 1 is 1.15 bits per heavy atom. The van der Waals surface area contributed by atoms with Crippen molar-refractivity contribution in [2.75, 3.05) is 13.1 Å². The number of hydrogen-bond acceptors (Lipinski definition) is 3. The third-order valence-electron chi connectivity index (χ3n) is 3.76. The molecule has 0 aliphatic carbocycles. The maximum Gasteiger partial charge on any atom is 0.223 e. The first-order valence-corrected chi connectivity index (χ1v) is 6.88. The number of amides is 1. The maximum absolute atomic E-state index is 12.3. The molecule has 1 aromatic carbocycles. The fraction of sp³-hybridized carbons (Fsp3) is 0.438. The number of likely N-dealkylation sites (tertiary alicyclic amines) is 1. The molecule has 1 aliphatic heterocycles. The quantitative estimate of drug-likeness (QED) is 0.841. The minimum atomic E-state index is -0.788. The molecule has 4 nitrogen and oxygen atoms in total. The van der Waals surface area contributed by atoms with E-state index in [1.807, 2.05) is 47.4 Å². The Hall–Kier alpha value is -2.33. The van der Waals surface area contributed by atoms with E-state index >= 15 is 0 Å². The number of hydrogen-bond donors (Lipinski definition) is 0. The summed E-state index contributed by atoms with van der Waals surface area (Å²) < 4.78 is 0. The number of benzene rings is 1. The Kier molecular flexibility index (Phi) is 4.74. The largest absolute Gasteiger partial charge is 0.343 e. The van der Waals surface area contributed by atoms with Crippen molar-refractivity contribution in [3.63, 3.8) is 0 Å². The van der Waals surface area contributed by atoms with E-state index in [-0.39, 0.29) is 18.2 Å². The molecule has 2 rings (SSSR count). The van der Waals surface area contributed by atoms with E-state index in [0.717, 1.165) is 31.5 Å². The molecule has 20 heavy (non-hydrogen) atoms. The zero-order chi connectivity index (χ0) is 14.4.